The molecule has 2 aliphatic rings. The monoisotopic (exact) mass is 447 g/mol. The summed E-state index contributed by atoms with van der Waals surface area (Å²) >= 11 is 6.11. The predicted octanol–water partition coefficient (Wildman–Crippen LogP) is 5.39. The van der Waals surface area contributed by atoms with Crippen LogP contribution in [-0.4, -0.2) is 48.2 Å². The molecule has 0 saturated carbocycles. The Bertz CT molecular complexity index is 975. The molecule has 5 heteroatoms. The van der Waals surface area contributed by atoms with Crippen LogP contribution in [0.3, 0.4) is 0 Å². The molecule has 1 unspecified atom stereocenters. The van der Waals surface area contributed by atoms with Crippen molar-refractivity contribution >= 4 is 17.4 Å². The first kappa shape index (κ1) is 21.4. The Morgan fingerprint density at radius 2 is 1.66 bits per heavy atom. The SMILES string of the molecule is Clc1ccc(C[C@H]2COC(c3ccccc3)CN2C2CCN(c3ccccn3)CC2)cc1. The lowest BCUT2D eigenvalue weighted by molar-refractivity contribution is -0.0840. The Balaban J connectivity index is 1.31. The molecule has 32 heavy (non-hydrogen) atoms. The lowest BCUT2D eigenvalue weighted by Gasteiger charge is -2.47. The van der Waals surface area contributed by atoms with Gasteiger partial charge in [0, 0.05) is 42.9 Å². The van der Waals surface area contributed by atoms with E-state index in [0.717, 1.165) is 56.3 Å². The number of ether oxygens (including phenoxy) is 1. The maximum absolute atomic E-state index is 6.40. The Morgan fingerprint density at radius 1 is 0.906 bits per heavy atom. The third-order valence-corrected chi connectivity index (χ3v) is 7.05. The predicted molar refractivity (Wildman–Crippen MR) is 130 cm³/mol. The lowest BCUT2D eigenvalue weighted by atomic mass is 9.95. The molecule has 3 heterocycles. The molecule has 0 N–H and O–H groups in total. The average Bonchev–Trinajstić information content (AvgIpc) is 2.87. The van der Waals surface area contributed by atoms with Gasteiger partial charge in [-0.15, -0.1) is 0 Å². The highest BCUT2D eigenvalue weighted by Gasteiger charge is 2.36. The molecule has 166 valence electrons. The molecule has 2 saturated heterocycles. The largest absolute Gasteiger partial charge is 0.371 e. The summed E-state index contributed by atoms with van der Waals surface area (Å²) in [6.07, 6.45) is 5.30. The summed E-state index contributed by atoms with van der Waals surface area (Å²) < 4.78 is 6.40. The molecule has 4 nitrogen and oxygen atoms in total. The molecule has 1 aromatic heterocycles. The topological polar surface area (TPSA) is 28.6 Å². The van der Waals surface area contributed by atoms with Crippen LogP contribution in [-0.2, 0) is 11.2 Å². The first-order valence-electron chi connectivity index (χ1n) is 11.6. The standard InChI is InChI=1S/C27H30ClN3O/c28-23-11-9-21(10-12-23)18-25-20-32-26(22-6-2-1-3-7-22)19-31(25)24-13-16-30(17-14-24)27-8-4-5-15-29-27/h1-12,15,24-26H,13-14,16-20H2/t25-,26?/m0/s1. The molecule has 5 rings (SSSR count). The number of benzene rings is 2. The van der Waals surface area contributed by atoms with E-state index in [1.807, 2.05) is 24.4 Å². The second kappa shape index (κ2) is 10.0. The van der Waals surface area contributed by atoms with Crippen LogP contribution in [0.15, 0.2) is 79.0 Å². The van der Waals surface area contributed by atoms with Gasteiger partial charge in [0.1, 0.15) is 5.82 Å². The van der Waals surface area contributed by atoms with Crippen LogP contribution >= 0.6 is 11.6 Å². The fraction of sp³-hybridized carbons (Fsp3) is 0.370. The van der Waals surface area contributed by atoms with Crippen molar-refractivity contribution in [1.82, 2.24) is 9.88 Å². The summed E-state index contributed by atoms with van der Waals surface area (Å²) in [6, 6.07) is 26.0. The van der Waals surface area contributed by atoms with Gasteiger partial charge in [0.25, 0.3) is 0 Å². The molecular formula is C27H30ClN3O. The van der Waals surface area contributed by atoms with Crippen LogP contribution in [0.4, 0.5) is 5.82 Å². The van der Waals surface area contributed by atoms with E-state index in [1.165, 1.54) is 11.1 Å². The molecule has 0 bridgehead atoms. The first-order chi connectivity index (χ1) is 15.8. The number of nitrogens with zero attached hydrogens (tertiary/aromatic N) is 3. The number of hydrogen-bond donors (Lipinski definition) is 0. The maximum atomic E-state index is 6.40. The van der Waals surface area contributed by atoms with Crippen molar-refractivity contribution in [2.24, 2.45) is 0 Å². The average molecular weight is 448 g/mol. The normalized spacial score (nSPS) is 22.7. The molecule has 0 amide bonds. The van der Waals surface area contributed by atoms with Crippen LogP contribution in [0.2, 0.25) is 5.02 Å². The molecule has 3 aromatic rings. The highest BCUT2D eigenvalue weighted by molar-refractivity contribution is 6.30. The van der Waals surface area contributed by atoms with E-state index in [1.54, 1.807) is 0 Å². The van der Waals surface area contributed by atoms with Crippen molar-refractivity contribution in [1.29, 1.82) is 0 Å². The van der Waals surface area contributed by atoms with Crippen molar-refractivity contribution < 1.29 is 4.74 Å². The number of piperidine rings is 1. The van der Waals surface area contributed by atoms with Crippen LogP contribution < -0.4 is 4.90 Å². The van der Waals surface area contributed by atoms with Gasteiger partial charge < -0.3 is 9.64 Å². The van der Waals surface area contributed by atoms with E-state index < -0.39 is 0 Å². The molecule has 0 aliphatic carbocycles. The first-order valence-corrected chi connectivity index (χ1v) is 12.0. The van der Waals surface area contributed by atoms with Crippen molar-refractivity contribution in [3.63, 3.8) is 0 Å². The summed E-state index contributed by atoms with van der Waals surface area (Å²) in [4.78, 5) is 9.70. The zero-order valence-corrected chi connectivity index (χ0v) is 19.1. The van der Waals surface area contributed by atoms with Gasteiger partial charge in [-0.3, -0.25) is 4.90 Å². The van der Waals surface area contributed by atoms with Gasteiger partial charge in [-0.05, 0) is 54.7 Å². The fourth-order valence-corrected chi connectivity index (χ4v) is 5.19. The van der Waals surface area contributed by atoms with Crippen molar-refractivity contribution in [3.05, 3.63) is 95.1 Å². The second-order valence-corrected chi connectivity index (χ2v) is 9.26. The number of halogens is 1. The highest BCUT2D eigenvalue weighted by atomic mass is 35.5. The molecule has 2 fully saturated rings. The molecule has 2 atom stereocenters. The summed E-state index contributed by atoms with van der Waals surface area (Å²) in [7, 11) is 0. The van der Waals surface area contributed by atoms with Gasteiger partial charge in [-0.1, -0.05) is 60.1 Å². The van der Waals surface area contributed by atoms with E-state index in [0.29, 0.717) is 12.1 Å². The van der Waals surface area contributed by atoms with E-state index in [-0.39, 0.29) is 6.10 Å². The van der Waals surface area contributed by atoms with Gasteiger partial charge in [0.2, 0.25) is 0 Å². The molecular weight excluding hydrogens is 418 g/mol. The zero-order chi connectivity index (χ0) is 21.8. The van der Waals surface area contributed by atoms with Crippen molar-refractivity contribution in [2.45, 2.75) is 37.5 Å². The fourth-order valence-electron chi connectivity index (χ4n) is 5.07. The Labute approximate surface area is 195 Å². The number of hydrogen-bond acceptors (Lipinski definition) is 4. The van der Waals surface area contributed by atoms with Crippen LogP contribution in [0.25, 0.3) is 0 Å². The van der Waals surface area contributed by atoms with Gasteiger partial charge in [0.05, 0.1) is 12.7 Å². The van der Waals surface area contributed by atoms with Crippen LogP contribution in [0.5, 0.6) is 0 Å². The van der Waals surface area contributed by atoms with Gasteiger partial charge in [0.15, 0.2) is 0 Å². The summed E-state index contributed by atoms with van der Waals surface area (Å²) in [5.41, 5.74) is 2.59. The quantitative estimate of drug-likeness (QED) is 0.524. The Hall–Kier alpha value is -2.40. The van der Waals surface area contributed by atoms with E-state index in [2.05, 4.69) is 69.4 Å². The van der Waals surface area contributed by atoms with E-state index in [9.17, 15) is 0 Å². The molecule has 0 spiro atoms. The molecule has 2 aromatic carbocycles. The molecule has 2 aliphatic heterocycles. The Morgan fingerprint density at radius 3 is 2.38 bits per heavy atom. The van der Waals surface area contributed by atoms with Crippen molar-refractivity contribution in [2.75, 3.05) is 31.1 Å². The van der Waals surface area contributed by atoms with Gasteiger partial charge in [-0.2, -0.15) is 0 Å². The molecule has 0 radical (unpaired) electrons. The highest BCUT2D eigenvalue weighted by Crippen LogP contribution is 2.31. The van der Waals surface area contributed by atoms with Crippen molar-refractivity contribution in [3.8, 4) is 0 Å². The van der Waals surface area contributed by atoms with E-state index in [4.69, 9.17) is 16.3 Å². The minimum absolute atomic E-state index is 0.131. The smallest absolute Gasteiger partial charge is 0.128 e. The van der Waals surface area contributed by atoms with Crippen LogP contribution in [0.1, 0.15) is 30.1 Å². The minimum Gasteiger partial charge on any atom is -0.371 e. The zero-order valence-electron chi connectivity index (χ0n) is 18.3. The third kappa shape index (κ3) is 4.98. The number of morpholine rings is 1. The van der Waals surface area contributed by atoms with Gasteiger partial charge >= 0.3 is 0 Å². The van der Waals surface area contributed by atoms with Gasteiger partial charge in [-0.25, -0.2) is 4.98 Å². The lowest BCUT2D eigenvalue weighted by Crippen LogP contribution is -2.55. The summed E-state index contributed by atoms with van der Waals surface area (Å²) in [5, 5.41) is 0.788. The van der Waals surface area contributed by atoms with E-state index >= 15 is 0 Å². The Kier molecular flexibility index (Phi) is 6.72. The number of pyridine rings is 1. The maximum Gasteiger partial charge on any atom is 0.128 e. The number of rotatable bonds is 5. The summed E-state index contributed by atoms with van der Waals surface area (Å²) in [6.45, 7) is 3.78. The number of anilines is 1. The van der Waals surface area contributed by atoms with Crippen LogP contribution in [0, 0.1) is 0 Å². The number of aromatic nitrogens is 1. The third-order valence-electron chi connectivity index (χ3n) is 6.80. The second-order valence-electron chi connectivity index (χ2n) is 8.82. The minimum atomic E-state index is 0.131. The summed E-state index contributed by atoms with van der Waals surface area (Å²) in [5.74, 6) is 1.09.